The number of nitrogens with one attached hydrogen (secondary N) is 1. The first-order valence-corrected chi connectivity index (χ1v) is 7.42. The minimum Gasteiger partial charge on any atom is -0.393 e. The van der Waals surface area contributed by atoms with Crippen LogP contribution in [0.1, 0.15) is 59.8 Å². The van der Waals surface area contributed by atoms with E-state index >= 15 is 0 Å². The topological polar surface area (TPSA) is 41.5 Å². The molecule has 3 atom stereocenters. The van der Waals surface area contributed by atoms with Gasteiger partial charge >= 0.3 is 0 Å². The lowest BCUT2D eigenvalue weighted by Crippen LogP contribution is -2.46. The fraction of sp³-hybridized carbons (Fsp3) is 1.00. The van der Waals surface area contributed by atoms with Gasteiger partial charge in [-0.05, 0) is 52.9 Å². The van der Waals surface area contributed by atoms with Gasteiger partial charge in [0.1, 0.15) is 0 Å². The molecular weight excluding hydrogens is 226 g/mol. The van der Waals surface area contributed by atoms with Crippen LogP contribution < -0.4 is 5.32 Å². The van der Waals surface area contributed by atoms with E-state index in [0.717, 1.165) is 25.8 Å². The molecule has 18 heavy (non-hydrogen) atoms. The predicted molar refractivity (Wildman–Crippen MR) is 73.6 cm³/mol. The number of rotatable bonds is 3. The second-order valence-corrected chi connectivity index (χ2v) is 7.24. The third kappa shape index (κ3) is 3.25. The Kier molecular flexibility index (Phi) is 4.05. The van der Waals surface area contributed by atoms with Crippen molar-refractivity contribution in [3.8, 4) is 0 Å². The van der Waals surface area contributed by atoms with Gasteiger partial charge in [0.05, 0.1) is 17.3 Å². The molecule has 0 aromatic carbocycles. The van der Waals surface area contributed by atoms with Crippen LogP contribution in [0, 0.1) is 5.92 Å². The Morgan fingerprint density at radius 1 is 1.17 bits per heavy atom. The first kappa shape index (κ1) is 14.3. The van der Waals surface area contributed by atoms with Crippen molar-refractivity contribution >= 4 is 0 Å². The van der Waals surface area contributed by atoms with Gasteiger partial charge in [-0.15, -0.1) is 0 Å². The van der Waals surface area contributed by atoms with Crippen molar-refractivity contribution < 1.29 is 9.84 Å². The van der Waals surface area contributed by atoms with E-state index in [-0.39, 0.29) is 17.3 Å². The first-order chi connectivity index (χ1) is 8.30. The Labute approximate surface area is 111 Å². The van der Waals surface area contributed by atoms with Gasteiger partial charge in [0.15, 0.2) is 0 Å². The Bertz CT molecular complexity index is 288. The molecule has 0 aromatic rings. The molecular formula is C15H29NO2. The SMILES string of the molecule is CC1(C)CC(NCC2CCCCC2O)C(C)(C)O1. The van der Waals surface area contributed by atoms with Gasteiger partial charge in [-0.2, -0.15) is 0 Å². The second-order valence-electron chi connectivity index (χ2n) is 7.24. The lowest BCUT2D eigenvalue weighted by Gasteiger charge is -2.32. The molecule has 2 fully saturated rings. The summed E-state index contributed by atoms with van der Waals surface area (Å²) in [5.74, 6) is 0.429. The summed E-state index contributed by atoms with van der Waals surface area (Å²) in [6.45, 7) is 9.57. The monoisotopic (exact) mass is 255 g/mol. The largest absolute Gasteiger partial charge is 0.393 e. The highest BCUT2D eigenvalue weighted by atomic mass is 16.5. The Balaban J connectivity index is 1.86. The zero-order chi connectivity index (χ0) is 13.4. The Morgan fingerprint density at radius 3 is 2.39 bits per heavy atom. The average molecular weight is 255 g/mol. The molecule has 0 bridgehead atoms. The lowest BCUT2D eigenvalue weighted by atomic mass is 9.85. The molecule has 0 aromatic heterocycles. The smallest absolute Gasteiger partial charge is 0.0787 e. The van der Waals surface area contributed by atoms with Gasteiger partial charge in [-0.3, -0.25) is 0 Å². The average Bonchev–Trinajstić information content (AvgIpc) is 2.45. The predicted octanol–water partition coefficient (Wildman–Crippen LogP) is 2.47. The van der Waals surface area contributed by atoms with E-state index in [1.54, 1.807) is 0 Å². The van der Waals surface area contributed by atoms with Gasteiger partial charge in [0, 0.05) is 12.6 Å². The van der Waals surface area contributed by atoms with E-state index in [2.05, 4.69) is 33.0 Å². The molecule has 0 amide bonds. The zero-order valence-electron chi connectivity index (χ0n) is 12.3. The van der Waals surface area contributed by atoms with Crippen LogP contribution in [-0.2, 0) is 4.74 Å². The second kappa shape index (κ2) is 5.10. The fourth-order valence-electron chi connectivity index (χ4n) is 3.60. The van der Waals surface area contributed by atoms with Crippen molar-refractivity contribution in [3.63, 3.8) is 0 Å². The van der Waals surface area contributed by atoms with Gasteiger partial charge in [-0.1, -0.05) is 12.8 Å². The first-order valence-electron chi connectivity index (χ1n) is 7.42. The van der Waals surface area contributed by atoms with E-state index in [1.807, 2.05) is 0 Å². The van der Waals surface area contributed by atoms with Crippen molar-refractivity contribution in [3.05, 3.63) is 0 Å². The summed E-state index contributed by atoms with van der Waals surface area (Å²) in [6.07, 6.45) is 5.52. The third-order valence-corrected chi connectivity index (χ3v) is 4.57. The number of aliphatic hydroxyl groups is 1. The molecule has 1 heterocycles. The molecule has 3 nitrogen and oxygen atoms in total. The van der Waals surface area contributed by atoms with Gasteiger partial charge in [-0.25, -0.2) is 0 Å². The van der Waals surface area contributed by atoms with E-state index in [0.29, 0.717) is 12.0 Å². The summed E-state index contributed by atoms with van der Waals surface area (Å²) < 4.78 is 6.09. The number of hydrogen-bond donors (Lipinski definition) is 2. The van der Waals surface area contributed by atoms with Gasteiger partial charge in [0.2, 0.25) is 0 Å². The maximum atomic E-state index is 10.0. The standard InChI is InChI=1S/C15H29NO2/c1-14(2)9-13(15(3,4)18-14)16-10-11-7-5-6-8-12(11)17/h11-13,16-17H,5-10H2,1-4H3. The van der Waals surface area contributed by atoms with E-state index in [9.17, 15) is 5.11 Å². The highest BCUT2D eigenvalue weighted by molar-refractivity contribution is 4.99. The summed E-state index contributed by atoms with van der Waals surface area (Å²) in [6, 6.07) is 0.390. The molecule has 3 unspecified atom stereocenters. The van der Waals surface area contributed by atoms with Crippen LogP contribution in [0.25, 0.3) is 0 Å². The van der Waals surface area contributed by atoms with Crippen LogP contribution in [0.15, 0.2) is 0 Å². The van der Waals surface area contributed by atoms with Crippen molar-refractivity contribution in [2.75, 3.05) is 6.54 Å². The van der Waals surface area contributed by atoms with Crippen molar-refractivity contribution in [2.45, 2.75) is 83.1 Å². The molecule has 0 radical (unpaired) electrons. The van der Waals surface area contributed by atoms with E-state index < -0.39 is 0 Å². The lowest BCUT2D eigenvalue weighted by molar-refractivity contribution is -0.0704. The Morgan fingerprint density at radius 2 is 1.83 bits per heavy atom. The molecule has 1 aliphatic heterocycles. The van der Waals surface area contributed by atoms with Crippen LogP contribution in [0.5, 0.6) is 0 Å². The minimum atomic E-state index is -0.108. The summed E-state index contributed by atoms with van der Waals surface area (Å²) >= 11 is 0. The molecule has 2 rings (SSSR count). The van der Waals surface area contributed by atoms with E-state index in [1.165, 1.54) is 12.8 Å². The van der Waals surface area contributed by atoms with Crippen LogP contribution in [0.2, 0.25) is 0 Å². The maximum Gasteiger partial charge on any atom is 0.0787 e. The zero-order valence-corrected chi connectivity index (χ0v) is 12.3. The molecule has 2 N–H and O–H groups in total. The molecule has 0 spiro atoms. The maximum absolute atomic E-state index is 10.0. The summed E-state index contributed by atoms with van der Waals surface area (Å²) in [4.78, 5) is 0. The third-order valence-electron chi connectivity index (χ3n) is 4.57. The quantitative estimate of drug-likeness (QED) is 0.814. The normalized spacial score (nSPS) is 38.8. The summed E-state index contributed by atoms with van der Waals surface area (Å²) in [7, 11) is 0. The Hall–Kier alpha value is -0.120. The molecule has 1 aliphatic carbocycles. The minimum absolute atomic E-state index is 0.0354. The van der Waals surface area contributed by atoms with Crippen molar-refractivity contribution in [2.24, 2.45) is 5.92 Å². The van der Waals surface area contributed by atoms with Gasteiger partial charge in [0.25, 0.3) is 0 Å². The molecule has 1 saturated heterocycles. The number of aliphatic hydroxyl groups excluding tert-OH is 1. The van der Waals surface area contributed by atoms with Crippen molar-refractivity contribution in [1.82, 2.24) is 5.32 Å². The van der Waals surface area contributed by atoms with Crippen LogP contribution >= 0.6 is 0 Å². The van der Waals surface area contributed by atoms with Crippen molar-refractivity contribution in [1.29, 1.82) is 0 Å². The summed E-state index contributed by atoms with van der Waals surface area (Å²) in [5.41, 5.74) is -0.143. The molecule has 106 valence electrons. The van der Waals surface area contributed by atoms with Crippen LogP contribution in [-0.4, -0.2) is 35.0 Å². The van der Waals surface area contributed by atoms with E-state index in [4.69, 9.17) is 4.74 Å². The number of ether oxygens (including phenoxy) is 1. The number of hydrogen-bond acceptors (Lipinski definition) is 3. The molecule has 2 aliphatic rings. The molecule has 1 saturated carbocycles. The summed E-state index contributed by atoms with van der Waals surface area (Å²) in [5, 5.41) is 13.6. The fourth-order valence-corrected chi connectivity index (χ4v) is 3.60. The highest BCUT2D eigenvalue weighted by Gasteiger charge is 2.45. The van der Waals surface area contributed by atoms with Crippen LogP contribution in [0.3, 0.4) is 0 Å². The van der Waals surface area contributed by atoms with Crippen LogP contribution in [0.4, 0.5) is 0 Å². The van der Waals surface area contributed by atoms with Gasteiger partial charge < -0.3 is 15.2 Å². The highest BCUT2D eigenvalue weighted by Crippen LogP contribution is 2.37. The molecule has 3 heteroatoms.